The van der Waals surface area contributed by atoms with Crippen molar-refractivity contribution >= 4 is 0 Å². The van der Waals surface area contributed by atoms with E-state index < -0.39 is 5.60 Å². The molecule has 2 N–H and O–H groups in total. The molecule has 1 atom stereocenters. The zero-order valence-electron chi connectivity index (χ0n) is 8.27. The maximum absolute atomic E-state index is 10.2. The molecule has 0 amide bonds. The number of furan rings is 1. The molecule has 0 bridgehead atoms. The van der Waals surface area contributed by atoms with Crippen LogP contribution >= 0.6 is 0 Å². The number of aliphatic hydroxyl groups is 1. The Kier molecular flexibility index (Phi) is 3.14. The number of hydrogen-bond acceptors (Lipinski definition) is 3. The zero-order valence-corrected chi connectivity index (χ0v) is 8.27. The Hall–Kier alpha value is -1.48. The van der Waals surface area contributed by atoms with E-state index in [0.717, 1.165) is 0 Å². The van der Waals surface area contributed by atoms with Gasteiger partial charge in [-0.2, -0.15) is 0 Å². The van der Waals surface area contributed by atoms with Gasteiger partial charge in [0.1, 0.15) is 18.1 Å². The van der Waals surface area contributed by atoms with Crippen molar-refractivity contribution < 1.29 is 14.6 Å². The third-order valence-electron chi connectivity index (χ3n) is 1.91. The van der Waals surface area contributed by atoms with Crippen molar-refractivity contribution in [1.82, 2.24) is 0 Å². The lowest BCUT2D eigenvalue weighted by Crippen LogP contribution is -2.18. The van der Waals surface area contributed by atoms with E-state index in [9.17, 15) is 10.2 Å². The lowest BCUT2D eigenvalue weighted by Gasteiger charge is -2.18. The molecule has 0 aliphatic carbocycles. The van der Waals surface area contributed by atoms with Gasteiger partial charge in [0.2, 0.25) is 0 Å². The Morgan fingerprint density at radius 1 is 1.21 bits per heavy atom. The molecule has 3 nitrogen and oxygen atoms in total. The molecule has 1 unspecified atom stereocenters. The van der Waals surface area contributed by atoms with Crippen LogP contribution in [0.25, 0.3) is 0 Å². The molecule has 0 fully saturated rings. The summed E-state index contributed by atoms with van der Waals surface area (Å²) in [4.78, 5) is 0. The Morgan fingerprint density at radius 3 is 2.14 bits per heavy atom. The van der Waals surface area contributed by atoms with Crippen molar-refractivity contribution in [2.24, 2.45) is 0 Å². The van der Waals surface area contributed by atoms with E-state index in [1.165, 1.54) is 12.5 Å². The molecule has 1 rings (SSSR count). The van der Waals surface area contributed by atoms with Crippen LogP contribution in [0.2, 0.25) is 0 Å². The average Bonchev–Trinajstić information content (AvgIpc) is 2.52. The summed E-state index contributed by atoms with van der Waals surface area (Å²) in [5.74, 6) is -0.0521. The topological polar surface area (TPSA) is 53.6 Å². The van der Waals surface area contributed by atoms with E-state index in [4.69, 9.17) is 4.42 Å². The first kappa shape index (κ1) is 10.6. The lowest BCUT2D eigenvalue weighted by atomic mass is 9.95. The summed E-state index contributed by atoms with van der Waals surface area (Å²) in [5, 5.41) is 19.6. The number of rotatable bonds is 3. The Bertz CT molecular complexity index is 335. The summed E-state index contributed by atoms with van der Waals surface area (Å²) < 4.78 is 4.81. The molecule has 0 aliphatic rings. The van der Waals surface area contributed by atoms with Crippen LogP contribution in [-0.4, -0.2) is 10.2 Å². The molecule has 0 spiro atoms. The van der Waals surface area contributed by atoms with E-state index in [1.807, 2.05) is 0 Å². The van der Waals surface area contributed by atoms with Crippen molar-refractivity contribution in [3.05, 3.63) is 42.4 Å². The van der Waals surface area contributed by atoms with Crippen molar-refractivity contribution in [1.29, 1.82) is 0 Å². The number of allylic oxidation sites excluding steroid dienone is 2. The summed E-state index contributed by atoms with van der Waals surface area (Å²) in [7, 11) is 0. The maximum Gasteiger partial charge on any atom is 0.160 e. The van der Waals surface area contributed by atoms with Crippen molar-refractivity contribution in [2.75, 3.05) is 0 Å². The molecule has 1 heterocycles. The summed E-state index contributed by atoms with van der Waals surface area (Å²) in [6.45, 7) is 3.59. The highest BCUT2D eigenvalue weighted by Crippen LogP contribution is 2.32. The molecule has 0 radical (unpaired) electrons. The first-order chi connectivity index (χ1) is 6.64. The lowest BCUT2D eigenvalue weighted by molar-refractivity contribution is 0.139. The van der Waals surface area contributed by atoms with Gasteiger partial charge >= 0.3 is 0 Å². The standard InChI is InChI=1S/C11H14O3/c1-3-5-11(13,6-4-2)9-7-14-8-10(9)12/h3-8,12-13H,1-2H3/b5-3-,6-4+. The Labute approximate surface area is 83.0 Å². The third kappa shape index (κ3) is 1.88. The second-order valence-electron chi connectivity index (χ2n) is 3.00. The van der Waals surface area contributed by atoms with Gasteiger partial charge in [0, 0.05) is 0 Å². The van der Waals surface area contributed by atoms with Gasteiger partial charge in [0.25, 0.3) is 0 Å². The Balaban J connectivity index is 3.18. The highest BCUT2D eigenvalue weighted by atomic mass is 16.4. The fourth-order valence-electron chi connectivity index (χ4n) is 1.33. The second kappa shape index (κ2) is 4.15. The summed E-state index contributed by atoms with van der Waals surface area (Å²) in [6.07, 6.45) is 9.11. The summed E-state index contributed by atoms with van der Waals surface area (Å²) in [6, 6.07) is 0. The van der Waals surface area contributed by atoms with E-state index >= 15 is 0 Å². The van der Waals surface area contributed by atoms with Gasteiger partial charge in [-0.3, -0.25) is 0 Å². The van der Waals surface area contributed by atoms with Crippen molar-refractivity contribution in [3.8, 4) is 5.75 Å². The molecule has 14 heavy (non-hydrogen) atoms. The van der Waals surface area contributed by atoms with Crippen LogP contribution < -0.4 is 0 Å². The molecule has 3 heteroatoms. The molecule has 0 aliphatic heterocycles. The predicted octanol–water partition coefficient (Wildman–Crippen LogP) is 2.33. The van der Waals surface area contributed by atoms with Crippen LogP contribution in [0, 0.1) is 0 Å². The molecular weight excluding hydrogens is 180 g/mol. The predicted molar refractivity (Wildman–Crippen MR) is 53.9 cm³/mol. The fourth-order valence-corrected chi connectivity index (χ4v) is 1.33. The monoisotopic (exact) mass is 194 g/mol. The van der Waals surface area contributed by atoms with Crippen LogP contribution in [0.1, 0.15) is 19.4 Å². The molecule has 1 aromatic rings. The van der Waals surface area contributed by atoms with Gasteiger partial charge < -0.3 is 14.6 Å². The van der Waals surface area contributed by atoms with Gasteiger partial charge in [0.15, 0.2) is 5.75 Å². The molecule has 0 saturated carbocycles. The minimum Gasteiger partial charge on any atom is -0.504 e. The van der Waals surface area contributed by atoms with Gasteiger partial charge in [-0.05, 0) is 26.0 Å². The van der Waals surface area contributed by atoms with E-state index in [-0.39, 0.29) is 5.75 Å². The smallest absolute Gasteiger partial charge is 0.160 e. The van der Waals surface area contributed by atoms with Gasteiger partial charge in [-0.25, -0.2) is 0 Å². The second-order valence-corrected chi connectivity index (χ2v) is 3.00. The minimum atomic E-state index is -1.29. The SMILES string of the molecule is C/C=C\C(O)(/C=C/C)c1cocc1O. The molecule has 1 aromatic heterocycles. The first-order valence-corrected chi connectivity index (χ1v) is 4.39. The van der Waals surface area contributed by atoms with Gasteiger partial charge in [-0.1, -0.05) is 12.2 Å². The van der Waals surface area contributed by atoms with Crippen LogP contribution in [0.3, 0.4) is 0 Å². The Morgan fingerprint density at radius 2 is 1.79 bits per heavy atom. The van der Waals surface area contributed by atoms with E-state index in [2.05, 4.69) is 0 Å². The fraction of sp³-hybridized carbons (Fsp3) is 0.273. The summed E-state index contributed by atoms with van der Waals surface area (Å²) in [5.41, 5.74) is -0.950. The third-order valence-corrected chi connectivity index (χ3v) is 1.91. The van der Waals surface area contributed by atoms with E-state index in [1.54, 1.807) is 38.2 Å². The normalized spacial score (nSPS) is 16.5. The van der Waals surface area contributed by atoms with Crippen LogP contribution in [0.15, 0.2) is 41.2 Å². The maximum atomic E-state index is 10.2. The highest BCUT2D eigenvalue weighted by Gasteiger charge is 2.27. The first-order valence-electron chi connectivity index (χ1n) is 4.39. The highest BCUT2D eigenvalue weighted by molar-refractivity contribution is 5.39. The zero-order chi connectivity index (χ0) is 10.6. The molecule has 0 saturated heterocycles. The van der Waals surface area contributed by atoms with Crippen LogP contribution in [-0.2, 0) is 5.60 Å². The number of aromatic hydroxyl groups is 1. The van der Waals surface area contributed by atoms with Crippen LogP contribution in [0.5, 0.6) is 5.75 Å². The largest absolute Gasteiger partial charge is 0.504 e. The number of hydrogen-bond donors (Lipinski definition) is 2. The summed E-state index contributed by atoms with van der Waals surface area (Å²) >= 11 is 0. The minimum absolute atomic E-state index is 0.0521. The molecule has 0 aromatic carbocycles. The van der Waals surface area contributed by atoms with Gasteiger partial charge in [-0.15, -0.1) is 0 Å². The van der Waals surface area contributed by atoms with E-state index in [0.29, 0.717) is 5.56 Å². The molecular formula is C11H14O3. The quantitative estimate of drug-likeness (QED) is 0.726. The molecule has 76 valence electrons. The van der Waals surface area contributed by atoms with Gasteiger partial charge in [0.05, 0.1) is 5.56 Å². The van der Waals surface area contributed by atoms with Crippen molar-refractivity contribution in [2.45, 2.75) is 19.4 Å². The van der Waals surface area contributed by atoms with Crippen molar-refractivity contribution in [3.63, 3.8) is 0 Å². The van der Waals surface area contributed by atoms with Crippen LogP contribution in [0.4, 0.5) is 0 Å². The average molecular weight is 194 g/mol.